The van der Waals surface area contributed by atoms with E-state index in [9.17, 15) is 9.59 Å². The standard InChI is InChI=1S/C16H14O6/c1-10-13(15(18)20-2)4-3-5-14(10)16(19)22-21-12-8-6-11(17)7-9-12/h3-9,17H,1-2H3. The molecule has 0 saturated carbocycles. The second-order valence-electron chi connectivity index (χ2n) is 4.42. The molecule has 114 valence electrons. The van der Waals surface area contributed by atoms with E-state index in [0.29, 0.717) is 5.56 Å². The molecular formula is C16H14O6. The third-order valence-corrected chi connectivity index (χ3v) is 3.01. The van der Waals surface area contributed by atoms with Crippen LogP contribution in [-0.2, 0) is 9.62 Å². The van der Waals surface area contributed by atoms with E-state index in [-0.39, 0.29) is 22.6 Å². The maximum Gasteiger partial charge on any atom is 0.386 e. The molecule has 2 aromatic rings. The summed E-state index contributed by atoms with van der Waals surface area (Å²) in [5.74, 6) is -0.948. The van der Waals surface area contributed by atoms with E-state index in [1.807, 2.05) is 0 Å². The van der Waals surface area contributed by atoms with Crippen molar-refractivity contribution in [1.29, 1.82) is 0 Å². The molecule has 0 radical (unpaired) electrons. The summed E-state index contributed by atoms with van der Waals surface area (Å²) in [5.41, 5.74) is 0.914. The van der Waals surface area contributed by atoms with Crippen LogP contribution in [0.4, 0.5) is 0 Å². The smallest absolute Gasteiger partial charge is 0.386 e. The van der Waals surface area contributed by atoms with Gasteiger partial charge in [-0.25, -0.2) is 14.5 Å². The number of hydrogen-bond acceptors (Lipinski definition) is 6. The van der Waals surface area contributed by atoms with E-state index in [1.54, 1.807) is 19.1 Å². The summed E-state index contributed by atoms with van der Waals surface area (Å²) in [4.78, 5) is 33.2. The number of phenols is 1. The number of ether oxygens (including phenoxy) is 1. The predicted octanol–water partition coefficient (Wildman–Crippen LogP) is 2.64. The molecule has 1 N–H and O–H groups in total. The van der Waals surface area contributed by atoms with E-state index >= 15 is 0 Å². The average molecular weight is 302 g/mol. The van der Waals surface area contributed by atoms with Gasteiger partial charge in [0.05, 0.1) is 18.2 Å². The Hall–Kier alpha value is -3.02. The van der Waals surface area contributed by atoms with Crippen molar-refractivity contribution in [3.63, 3.8) is 0 Å². The van der Waals surface area contributed by atoms with E-state index in [2.05, 4.69) is 4.74 Å². The maximum atomic E-state index is 12.0. The van der Waals surface area contributed by atoms with E-state index in [0.717, 1.165) is 0 Å². The van der Waals surface area contributed by atoms with Crippen molar-refractivity contribution in [3.8, 4) is 11.5 Å². The summed E-state index contributed by atoms with van der Waals surface area (Å²) in [6.45, 7) is 1.61. The van der Waals surface area contributed by atoms with Crippen LogP contribution >= 0.6 is 0 Å². The minimum absolute atomic E-state index is 0.0697. The predicted molar refractivity (Wildman–Crippen MR) is 76.7 cm³/mol. The molecule has 0 unspecified atom stereocenters. The molecule has 0 aliphatic carbocycles. The SMILES string of the molecule is COC(=O)c1cccc(C(=O)OOc2ccc(O)cc2)c1C. The highest BCUT2D eigenvalue weighted by molar-refractivity contribution is 5.97. The monoisotopic (exact) mass is 302 g/mol. The van der Waals surface area contributed by atoms with Gasteiger partial charge >= 0.3 is 11.9 Å². The minimum Gasteiger partial charge on any atom is -0.508 e. The van der Waals surface area contributed by atoms with Gasteiger partial charge in [-0.2, -0.15) is 0 Å². The Morgan fingerprint density at radius 2 is 1.55 bits per heavy atom. The zero-order valence-corrected chi connectivity index (χ0v) is 12.0. The normalized spacial score (nSPS) is 9.91. The number of carbonyl (C=O) groups excluding carboxylic acids is 2. The van der Waals surface area contributed by atoms with Gasteiger partial charge in [-0.1, -0.05) is 6.07 Å². The van der Waals surface area contributed by atoms with Gasteiger partial charge < -0.3 is 9.84 Å². The fourth-order valence-corrected chi connectivity index (χ4v) is 1.82. The van der Waals surface area contributed by atoms with Gasteiger partial charge in [-0.3, -0.25) is 4.89 Å². The molecule has 0 aromatic heterocycles. The topological polar surface area (TPSA) is 82.1 Å². The number of methoxy groups -OCH3 is 1. The van der Waals surface area contributed by atoms with Crippen LogP contribution in [-0.4, -0.2) is 24.2 Å². The van der Waals surface area contributed by atoms with E-state index in [1.165, 1.54) is 37.4 Å². The molecule has 0 aliphatic rings. The lowest BCUT2D eigenvalue weighted by atomic mass is 10.0. The highest BCUT2D eigenvalue weighted by Gasteiger charge is 2.18. The van der Waals surface area contributed by atoms with Crippen LogP contribution in [0.3, 0.4) is 0 Å². The van der Waals surface area contributed by atoms with Crippen LogP contribution in [0.25, 0.3) is 0 Å². The first-order valence-electron chi connectivity index (χ1n) is 6.38. The highest BCUT2D eigenvalue weighted by Crippen LogP contribution is 2.19. The van der Waals surface area contributed by atoms with E-state index in [4.69, 9.17) is 14.9 Å². The second-order valence-corrected chi connectivity index (χ2v) is 4.42. The van der Waals surface area contributed by atoms with Crippen molar-refractivity contribution in [2.24, 2.45) is 0 Å². The minimum atomic E-state index is -0.740. The number of esters is 1. The van der Waals surface area contributed by atoms with Crippen molar-refractivity contribution < 1.29 is 29.2 Å². The Balaban J connectivity index is 2.12. The zero-order valence-electron chi connectivity index (χ0n) is 12.0. The Bertz CT molecular complexity index is 690. The summed E-state index contributed by atoms with van der Waals surface area (Å²) in [6, 6.07) is 10.3. The molecule has 0 spiro atoms. The highest BCUT2D eigenvalue weighted by atomic mass is 17.2. The van der Waals surface area contributed by atoms with Gasteiger partial charge in [-0.05, 0) is 48.9 Å². The molecule has 2 aromatic carbocycles. The molecule has 22 heavy (non-hydrogen) atoms. The van der Waals surface area contributed by atoms with Crippen LogP contribution in [0.2, 0.25) is 0 Å². The lowest BCUT2D eigenvalue weighted by Gasteiger charge is -2.09. The van der Waals surface area contributed by atoms with Crippen molar-refractivity contribution in [2.45, 2.75) is 6.92 Å². The molecule has 0 bridgehead atoms. The number of rotatable bonds is 4. The number of carbonyl (C=O) groups is 2. The fourth-order valence-electron chi connectivity index (χ4n) is 1.82. The molecule has 0 heterocycles. The molecule has 0 aliphatic heterocycles. The number of benzene rings is 2. The van der Waals surface area contributed by atoms with Gasteiger partial charge in [-0.15, -0.1) is 0 Å². The number of phenolic OH excluding ortho intramolecular Hbond substituents is 1. The van der Waals surface area contributed by atoms with Gasteiger partial charge in [0.15, 0.2) is 5.75 Å². The van der Waals surface area contributed by atoms with Gasteiger partial charge in [0.1, 0.15) is 5.75 Å². The zero-order chi connectivity index (χ0) is 16.1. The first kappa shape index (κ1) is 15.4. The van der Waals surface area contributed by atoms with Crippen LogP contribution in [0.15, 0.2) is 42.5 Å². The molecule has 0 amide bonds. The van der Waals surface area contributed by atoms with Crippen LogP contribution in [0, 0.1) is 6.92 Å². The molecule has 0 atom stereocenters. The van der Waals surface area contributed by atoms with Crippen LogP contribution in [0.5, 0.6) is 11.5 Å². The molecule has 0 fully saturated rings. The molecule has 6 heteroatoms. The summed E-state index contributed by atoms with van der Waals surface area (Å²) in [6.07, 6.45) is 0. The van der Waals surface area contributed by atoms with Gasteiger partial charge in [0, 0.05) is 0 Å². The van der Waals surface area contributed by atoms with Crippen molar-refractivity contribution in [1.82, 2.24) is 0 Å². The first-order chi connectivity index (χ1) is 10.5. The fraction of sp³-hybridized carbons (Fsp3) is 0.125. The maximum absolute atomic E-state index is 12.0. The number of hydrogen-bond donors (Lipinski definition) is 1. The summed E-state index contributed by atoms with van der Waals surface area (Å²) in [7, 11) is 1.26. The third-order valence-electron chi connectivity index (χ3n) is 3.01. The molecule has 2 rings (SSSR count). The number of aromatic hydroxyl groups is 1. The lowest BCUT2D eigenvalue weighted by Crippen LogP contribution is -2.13. The van der Waals surface area contributed by atoms with Gasteiger partial charge in [0.25, 0.3) is 0 Å². The van der Waals surface area contributed by atoms with Crippen molar-refractivity contribution in [3.05, 3.63) is 59.2 Å². The largest absolute Gasteiger partial charge is 0.508 e. The van der Waals surface area contributed by atoms with E-state index < -0.39 is 11.9 Å². The average Bonchev–Trinajstić information content (AvgIpc) is 2.53. The quantitative estimate of drug-likeness (QED) is 0.531. The summed E-state index contributed by atoms with van der Waals surface area (Å²) in [5, 5.41) is 9.15. The van der Waals surface area contributed by atoms with Gasteiger partial charge in [0.2, 0.25) is 0 Å². The Morgan fingerprint density at radius 1 is 0.955 bits per heavy atom. The summed E-state index contributed by atoms with van der Waals surface area (Å²) < 4.78 is 4.65. The van der Waals surface area contributed by atoms with Crippen molar-refractivity contribution in [2.75, 3.05) is 7.11 Å². The molecular weight excluding hydrogens is 288 g/mol. The van der Waals surface area contributed by atoms with Crippen molar-refractivity contribution >= 4 is 11.9 Å². The Kier molecular flexibility index (Phi) is 4.63. The first-order valence-corrected chi connectivity index (χ1v) is 6.38. The van der Waals surface area contributed by atoms with Crippen LogP contribution < -0.4 is 4.89 Å². The summed E-state index contributed by atoms with van der Waals surface area (Å²) >= 11 is 0. The Labute approximate surface area is 126 Å². The third kappa shape index (κ3) is 3.35. The second kappa shape index (κ2) is 6.62. The molecule has 0 saturated heterocycles. The lowest BCUT2D eigenvalue weighted by molar-refractivity contribution is -0.149. The Morgan fingerprint density at radius 3 is 2.14 bits per heavy atom. The molecule has 6 nitrogen and oxygen atoms in total. The van der Waals surface area contributed by atoms with Crippen LogP contribution in [0.1, 0.15) is 26.3 Å².